The van der Waals surface area contributed by atoms with Crippen LogP contribution in [0, 0.1) is 0 Å². The molecule has 2 rings (SSSR count). The van der Waals surface area contributed by atoms with E-state index in [1.54, 1.807) is 0 Å². The largest absolute Gasteiger partial charge is 0.479 e. The van der Waals surface area contributed by atoms with E-state index in [9.17, 15) is 39.6 Å². The molecule has 0 aliphatic heterocycles. The molecule has 0 radical (unpaired) electrons. The van der Waals surface area contributed by atoms with Gasteiger partial charge in [-0.3, -0.25) is 9.59 Å². The van der Waals surface area contributed by atoms with Crippen LogP contribution in [0.5, 0.6) is 0 Å². The van der Waals surface area contributed by atoms with Gasteiger partial charge in [-0.25, -0.2) is 9.59 Å². The molecule has 8 nitrogen and oxygen atoms in total. The van der Waals surface area contributed by atoms with Gasteiger partial charge in [-0.05, 0) is 24.3 Å². The summed E-state index contributed by atoms with van der Waals surface area (Å²) in [6.45, 7) is 0. The quantitative estimate of drug-likeness (QED) is 0.385. The Morgan fingerprint density at radius 2 is 0.929 bits per heavy atom. The number of rotatable bonds is 7. The van der Waals surface area contributed by atoms with E-state index in [4.69, 9.17) is 23.2 Å². The van der Waals surface area contributed by atoms with Crippen LogP contribution in [-0.4, -0.2) is 55.1 Å². The zero-order valence-corrected chi connectivity index (χ0v) is 15.3. The Morgan fingerprint density at radius 3 is 1.18 bits per heavy atom. The zero-order chi connectivity index (χ0) is 21.3. The highest BCUT2D eigenvalue weighted by Crippen LogP contribution is 2.34. The van der Waals surface area contributed by atoms with E-state index >= 15 is 0 Å². The third kappa shape index (κ3) is 3.16. The van der Waals surface area contributed by atoms with Gasteiger partial charge in [-0.15, -0.1) is 0 Å². The fourth-order valence-electron chi connectivity index (χ4n) is 2.51. The predicted octanol–water partition coefficient (Wildman–Crippen LogP) is 1.69. The Hall–Kier alpha value is -2.78. The van der Waals surface area contributed by atoms with Crippen LogP contribution in [0.2, 0.25) is 10.0 Å². The minimum atomic E-state index is -4.11. The molecular formula is C18H12Cl2O8. The highest BCUT2D eigenvalue weighted by atomic mass is 35.5. The molecule has 10 heteroatoms. The van der Waals surface area contributed by atoms with Crippen LogP contribution in [0.4, 0.5) is 0 Å². The number of ketones is 2. The van der Waals surface area contributed by atoms with Crippen molar-refractivity contribution in [1.82, 2.24) is 0 Å². The second-order valence-electron chi connectivity index (χ2n) is 5.65. The minimum Gasteiger partial charge on any atom is -0.479 e. The molecule has 0 aromatic heterocycles. The van der Waals surface area contributed by atoms with E-state index in [1.165, 1.54) is 36.4 Å². The first-order valence-corrected chi connectivity index (χ1v) is 8.25. The number of hydrogen-bond acceptors (Lipinski definition) is 6. The van der Waals surface area contributed by atoms with Crippen LogP contribution in [0.15, 0.2) is 48.5 Å². The van der Waals surface area contributed by atoms with Crippen molar-refractivity contribution < 1.29 is 39.6 Å². The van der Waals surface area contributed by atoms with Gasteiger partial charge in [0.15, 0.2) is 0 Å². The van der Waals surface area contributed by atoms with Crippen molar-refractivity contribution in [3.63, 3.8) is 0 Å². The second-order valence-corrected chi connectivity index (χ2v) is 6.46. The fourth-order valence-corrected chi connectivity index (χ4v) is 2.96. The molecule has 2 aromatic rings. The average Bonchev–Trinajstić information content (AvgIpc) is 2.65. The smallest absolute Gasteiger partial charge is 0.348 e. The Labute approximate surface area is 167 Å². The topological polar surface area (TPSA) is 149 Å². The summed E-state index contributed by atoms with van der Waals surface area (Å²) in [5.41, 5.74) is -9.44. The van der Waals surface area contributed by atoms with Gasteiger partial charge < -0.3 is 20.4 Å². The van der Waals surface area contributed by atoms with Gasteiger partial charge in [-0.1, -0.05) is 47.5 Å². The highest BCUT2D eigenvalue weighted by Gasteiger charge is 2.70. The van der Waals surface area contributed by atoms with Gasteiger partial charge in [0.1, 0.15) is 0 Å². The molecule has 0 heterocycles. The summed E-state index contributed by atoms with van der Waals surface area (Å²) in [6.07, 6.45) is 0. The van der Waals surface area contributed by atoms with E-state index in [2.05, 4.69) is 0 Å². The molecular weight excluding hydrogens is 415 g/mol. The van der Waals surface area contributed by atoms with Crippen LogP contribution in [0.1, 0.15) is 20.7 Å². The Morgan fingerprint density at radius 1 is 0.643 bits per heavy atom. The van der Waals surface area contributed by atoms with Crippen LogP contribution in [0.3, 0.4) is 0 Å². The van der Waals surface area contributed by atoms with Gasteiger partial charge in [0.05, 0.1) is 10.0 Å². The van der Waals surface area contributed by atoms with Crippen molar-refractivity contribution in [2.45, 2.75) is 11.2 Å². The minimum absolute atomic E-state index is 0.329. The van der Waals surface area contributed by atoms with Crippen LogP contribution >= 0.6 is 23.2 Å². The van der Waals surface area contributed by atoms with Crippen molar-refractivity contribution in [1.29, 1.82) is 0 Å². The zero-order valence-electron chi connectivity index (χ0n) is 13.8. The highest BCUT2D eigenvalue weighted by molar-refractivity contribution is 6.38. The maximum Gasteiger partial charge on any atom is 0.348 e. The summed E-state index contributed by atoms with van der Waals surface area (Å²) >= 11 is 11.6. The van der Waals surface area contributed by atoms with E-state index in [-0.39, 0.29) is 10.0 Å². The number of aliphatic carboxylic acids is 2. The number of benzene rings is 2. The number of carbonyl (C=O) groups excluding carboxylic acids is 2. The summed E-state index contributed by atoms with van der Waals surface area (Å²) in [4.78, 5) is 49.1. The predicted molar refractivity (Wildman–Crippen MR) is 96.7 cm³/mol. The molecule has 0 fully saturated rings. The number of carboxylic acids is 2. The molecule has 2 atom stereocenters. The molecule has 0 spiro atoms. The first kappa shape index (κ1) is 21.5. The maximum atomic E-state index is 12.8. The van der Waals surface area contributed by atoms with Gasteiger partial charge in [-0.2, -0.15) is 0 Å². The van der Waals surface area contributed by atoms with E-state index < -0.39 is 45.8 Å². The van der Waals surface area contributed by atoms with Crippen molar-refractivity contribution in [3.05, 3.63) is 69.7 Å². The molecule has 2 unspecified atom stereocenters. The number of carboxylic acid groups (broad SMARTS) is 2. The third-order valence-electron chi connectivity index (χ3n) is 4.04. The summed E-state index contributed by atoms with van der Waals surface area (Å²) in [5.74, 6) is -8.53. The molecule has 0 aliphatic carbocycles. The normalized spacial score (nSPS) is 15.1. The van der Waals surface area contributed by atoms with Gasteiger partial charge in [0, 0.05) is 11.1 Å². The summed E-state index contributed by atoms with van der Waals surface area (Å²) in [6, 6.07) is 9.64. The molecule has 0 saturated carbocycles. The Kier molecular flexibility index (Phi) is 5.91. The number of Topliss-reactive ketones (excluding diaryl/α,β-unsaturated/α-hetero) is 2. The van der Waals surface area contributed by atoms with Gasteiger partial charge in [0.2, 0.25) is 11.6 Å². The third-order valence-corrected chi connectivity index (χ3v) is 4.70. The molecule has 28 heavy (non-hydrogen) atoms. The monoisotopic (exact) mass is 426 g/mol. The first-order chi connectivity index (χ1) is 13.0. The number of carbonyl (C=O) groups is 4. The SMILES string of the molecule is O=C(O)C(O)(C(=O)c1ccccc1Cl)C(O)(C(=O)O)C(=O)c1ccccc1Cl. The average molecular weight is 427 g/mol. The molecule has 2 aromatic carbocycles. The van der Waals surface area contributed by atoms with E-state index in [0.717, 1.165) is 12.1 Å². The lowest BCUT2D eigenvalue weighted by atomic mass is 9.73. The number of hydrogen-bond donors (Lipinski definition) is 4. The molecule has 4 N–H and O–H groups in total. The molecule has 0 bridgehead atoms. The van der Waals surface area contributed by atoms with Crippen LogP contribution in [-0.2, 0) is 9.59 Å². The number of aliphatic hydroxyl groups is 2. The standard InChI is InChI=1S/C18H12Cl2O8/c19-11-7-3-1-5-9(11)13(21)17(27,15(23)24)18(28,16(25)26)14(22)10-6-2-4-8-12(10)20/h1-8,27-28H,(H,23,24)(H,25,26). The molecule has 0 amide bonds. The van der Waals surface area contributed by atoms with Gasteiger partial charge in [0.25, 0.3) is 11.2 Å². The van der Waals surface area contributed by atoms with Crippen molar-refractivity contribution in [3.8, 4) is 0 Å². The summed E-state index contributed by atoms with van der Waals surface area (Å²) in [5, 5.41) is 39.6. The van der Waals surface area contributed by atoms with Crippen molar-refractivity contribution >= 4 is 46.7 Å². The lowest BCUT2D eigenvalue weighted by Crippen LogP contribution is -2.71. The maximum absolute atomic E-state index is 12.8. The number of halogens is 2. The lowest BCUT2D eigenvalue weighted by molar-refractivity contribution is -0.187. The Balaban J connectivity index is 2.78. The summed E-state index contributed by atoms with van der Waals surface area (Å²) < 4.78 is 0. The molecule has 0 aliphatic rings. The first-order valence-electron chi connectivity index (χ1n) is 7.49. The summed E-state index contributed by atoms with van der Waals surface area (Å²) in [7, 11) is 0. The van der Waals surface area contributed by atoms with Crippen LogP contribution < -0.4 is 0 Å². The Bertz CT molecular complexity index is 910. The lowest BCUT2D eigenvalue weighted by Gasteiger charge is -2.34. The van der Waals surface area contributed by atoms with Crippen molar-refractivity contribution in [2.75, 3.05) is 0 Å². The van der Waals surface area contributed by atoms with Crippen molar-refractivity contribution in [2.24, 2.45) is 0 Å². The molecule has 0 saturated heterocycles. The molecule has 146 valence electrons. The fraction of sp³-hybridized carbons (Fsp3) is 0.111. The van der Waals surface area contributed by atoms with Crippen LogP contribution in [0.25, 0.3) is 0 Å². The van der Waals surface area contributed by atoms with Gasteiger partial charge >= 0.3 is 11.9 Å². The van der Waals surface area contributed by atoms with E-state index in [1.807, 2.05) is 0 Å². The second kappa shape index (κ2) is 7.69. The van der Waals surface area contributed by atoms with E-state index in [0.29, 0.717) is 0 Å².